The van der Waals surface area contributed by atoms with Gasteiger partial charge in [0.2, 0.25) is 5.95 Å². The van der Waals surface area contributed by atoms with Crippen LogP contribution in [0.4, 0.5) is 5.95 Å². The molecule has 0 spiro atoms. The van der Waals surface area contributed by atoms with Crippen LogP contribution in [-0.2, 0) is 4.74 Å². The van der Waals surface area contributed by atoms with Gasteiger partial charge in [0.15, 0.2) is 0 Å². The Morgan fingerprint density at radius 1 is 1.17 bits per heavy atom. The number of anilines is 1. The molecule has 120 valence electrons. The lowest BCUT2D eigenvalue weighted by Gasteiger charge is -2.26. The van der Waals surface area contributed by atoms with E-state index in [-0.39, 0.29) is 11.9 Å². The Morgan fingerprint density at radius 2 is 1.83 bits per heavy atom. The summed E-state index contributed by atoms with van der Waals surface area (Å²) < 4.78 is 5.26. The summed E-state index contributed by atoms with van der Waals surface area (Å²) >= 11 is 0. The van der Waals surface area contributed by atoms with Crippen LogP contribution in [0.25, 0.3) is 0 Å². The third-order valence-electron chi connectivity index (χ3n) is 3.84. The Morgan fingerprint density at radius 3 is 2.48 bits per heavy atom. The first-order chi connectivity index (χ1) is 11.2. The molecule has 2 heterocycles. The highest BCUT2D eigenvalue weighted by atomic mass is 16.5. The average molecular weight is 312 g/mol. The highest BCUT2D eigenvalue weighted by Crippen LogP contribution is 2.16. The number of morpholine rings is 1. The third kappa shape index (κ3) is 3.84. The van der Waals surface area contributed by atoms with E-state index < -0.39 is 0 Å². The maximum Gasteiger partial charge on any atom is 0.257 e. The number of nitrogens with one attached hydrogen (secondary N) is 1. The summed E-state index contributed by atoms with van der Waals surface area (Å²) in [5.74, 6) is 0.468. The van der Waals surface area contributed by atoms with Crippen molar-refractivity contribution in [3.05, 3.63) is 53.9 Å². The molecule has 1 unspecified atom stereocenters. The maximum atomic E-state index is 12.3. The molecule has 1 saturated heterocycles. The molecule has 1 aliphatic heterocycles. The van der Waals surface area contributed by atoms with Gasteiger partial charge in [-0.05, 0) is 12.5 Å². The lowest BCUT2D eigenvalue weighted by Crippen LogP contribution is -2.40. The highest BCUT2D eigenvalue weighted by molar-refractivity contribution is 5.93. The standard InChI is InChI=1S/C17H20N4O2/c1-13(14-5-3-2-4-6-14)20-17-18-11-15(12-19-17)16(22)21-7-9-23-10-8-21/h2-6,11-13H,7-10H2,1H3,(H,18,19,20). The second-order valence-corrected chi connectivity index (χ2v) is 5.48. The van der Waals surface area contributed by atoms with Gasteiger partial charge < -0.3 is 15.0 Å². The minimum atomic E-state index is -0.0454. The van der Waals surface area contributed by atoms with Gasteiger partial charge in [-0.2, -0.15) is 0 Å². The first kappa shape index (κ1) is 15.4. The van der Waals surface area contributed by atoms with Gasteiger partial charge in [-0.25, -0.2) is 9.97 Å². The van der Waals surface area contributed by atoms with Crippen molar-refractivity contribution in [2.24, 2.45) is 0 Å². The Labute approximate surface area is 135 Å². The zero-order valence-corrected chi connectivity index (χ0v) is 13.1. The van der Waals surface area contributed by atoms with Crippen LogP contribution >= 0.6 is 0 Å². The van der Waals surface area contributed by atoms with Crippen LogP contribution in [0.3, 0.4) is 0 Å². The van der Waals surface area contributed by atoms with Gasteiger partial charge in [-0.15, -0.1) is 0 Å². The Hall–Kier alpha value is -2.47. The average Bonchev–Trinajstić information content (AvgIpc) is 2.63. The van der Waals surface area contributed by atoms with E-state index in [0.29, 0.717) is 37.8 Å². The quantitative estimate of drug-likeness (QED) is 0.936. The van der Waals surface area contributed by atoms with Gasteiger partial charge in [0, 0.05) is 25.5 Å². The molecule has 2 aromatic rings. The summed E-state index contributed by atoms with van der Waals surface area (Å²) in [5.41, 5.74) is 1.66. The summed E-state index contributed by atoms with van der Waals surface area (Å²) in [6, 6.07) is 10.2. The molecule has 3 rings (SSSR count). The van der Waals surface area contributed by atoms with Gasteiger partial charge in [-0.1, -0.05) is 30.3 Å². The van der Waals surface area contributed by atoms with E-state index in [4.69, 9.17) is 4.74 Å². The summed E-state index contributed by atoms with van der Waals surface area (Å²) in [4.78, 5) is 22.6. The first-order valence-corrected chi connectivity index (χ1v) is 7.74. The molecule has 6 heteroatoms. The maximum absolute atomic E-state index is 12.3. The fourth-order valence-electron chi connectivity index (χ4n) is 2.48. The topological polar surface area (TPSA) is 67.4 Å². The van der Waals surface area contributed by atoms with Crippen LogP contribution in [0.2, 0.25) is 0 Å². The van der Waals surface area contributed by atoms with E-state index in [9.17, 15) is 4.79 Å². The second kappa shape index (κ2) is 7.19. The molecule has 6 nitrogen and oxygen atoms in total. The molecule has 0 saturated carbocycles. The van der Waals surface area contributed by atoms with E-state index in [1.807, 2.05) is 37.3 Å². The number of ether oxygens (including phenoxy) is 1. The molecule has 23 heavy (non-hydrogen) atoms. The van der Waals surface area contributed by atoms with E-state index in [1.54, 1.807) is 17.3 Å². The Bertz CT molecular complexity index is 639. The second-order valence-electron chi connectivity index (χ2n) is 5.48. The van der Waals surface area contributed by atoms with Crippen molar-refractivity contribution in [3.63, 3.8) is 0 Å². The Kier molecular flexibility index (Phi) is 4.83. The zero-order valence-electron chi connectivity index (χ0n) is 13.1. The van der Waals surface area contributed by atoms with Crippen LogP contribution in [0, 0.1) is 0 Å². The van der Waals surface area contributed by atoms with Crippen LogP contribution < -0.4 is 5.32 Å². The molecule has 1 aromatic heterocycles. The zero-order chi connectivity index (χ0) is 16.1. The number of carbonyl (C=O) groups is 1. The summed E-state index contributed by atoms with van der Waals surface area (Å²) in [5, 5.41) is 3.24. The smallest absolute Gasteiger partial charge is 0.257 e. The van der Waals surface area contributed by atoms with Crippen molar-refractivity contribution in [2.75, 3.05) is 31.6 Å². The lowest BCUT2D eigenvalue weighted by molar-refractivity contribution is 0.0302. The summed E-state index contributed by atoms with van der Waals surface area (Å²) in [6.07, 6.45) is 3.15. The van der Waals surface area contributed by atoms with Crippen molar-refractivity contribution >= 4 is 11.9 Å². The Balaban J connectivity index is 1.63. The predicted molar refractivity (Wildman–Crippen MR) is 87.2 cm³/mol. The molecule has 0 bridgehead atoms. The number of hydrogen-bond acceptors (Lipinski definition) is 5. The molecule has 1 aromatic carbocycles. The van der Waals surface area contributed by atoms with Crippen LogP contribution in [0.15, 0.2) is 42.7 Å². The number of amides is 1. The van der Waals surface area contributed by atoms with Gasteiger partial charge in [0.25, 0.3) is 5.91 Å². The van der Waals surface area contributed by atoms with Crippen LogP contribution in [-0.4, -0.2) is 47.1 Å². The van der Waals surface area contributed by atoms with Crippen molar-refractivity contribution in [3.8, 4) is 0 Å². The molecule has 1 atom stereocenters. The lowest BCUT2D eigenvalue weighted by atomic mass is 10.1. The van der Waals surface area contributed by atoms with E-state index >= 15 is 0 Å². The fraction of sp³-hybridized carbons (Fsp3) is 0.353. The molecule has 0 aliphatic carbocycles. The SMILES string of the molecule is CC(Nc1ncc(C(=O)N2CCOCC2)cn1)c1ccccc1. The van der Waals surface area contributed by atoms with Crippen molar-refractivity contribution in [2.45, 2.75) is 13.0 Å². The number of aromatic nitrogens is 2. The monoisotopic (exact) mass is 312 g/mol. The van der Waals surface area contributed by atoms with Crippen molar-refractivity contribution < 1.29 is 9.53 Å². The molecule has 1 aliphatic rings. The number of rotatable bonds is 4. The van der Waals surface area contributed by atoms with Crippen LogP contribution in [0.5, 0.6) is 0 Å². The number of carbonyl (C=O) groups excluding carboxylic acids is 1. The molecule has 1 amide bonds. The van der Waals surface area contributed by atoms with Crippen molar-refractivity contribution in [1.29, 1.82) is 0 Å². The molecule has 0 radical (unpaired) electrons. The molecular formula is C17H20N4O2. The van der Waals surface area contributed by atoms with Gasteiger partial charge >= 0.3 is 0 Å². The molecule has 1 N–H and O–H groups in total. The minimum Gasteiger partial charge on any atom is -0.378 e. The van der Waals surface area contributed by atoms with Crippen molar-refractivity contribution in [1.82, 2.24) is 14.9 Å². The fourth-order valence-corrected chi connectivity index (χ4v) is 2.48. The molecule has 1 fully saturated rings. The number of hydrogen-bond donors (Lipinski definition) is 1. The number of benzene rings is 1. The first-order valence-electron chi connectivity index (χ1n) is 7.74. The van der Waals surface area contributed by atoms with E-state index in [2.05, 4.69) is 15.3 Å². The number of nitrogens with zero attached hydrogens (tertiary/aromatic N) is 3. The summed E-state index contributed by atoms with van der Waals surface area (Å²) in [6.45, 7) is 4.45. The largest absolute Gasteiger partial charge is 0.378 e. The van der Waals surface area contributed by atoms with Gasteiger partial charge in [0.1, 0.15) is 0 Å². The van der Waals surface area contributed by atoms with E-state index in [0.717, 1.165) is 5.56 Å². The normalized spacial score (nSPS) is 16.0. The van der Waals surface area contributed by atoms with Gasteiger partial charge in [0.05, 0.1) is 24.8 Å². The summed E-state index contributed by atoms with van der Waals surface area (Å²) in [7, 11) is 0. The molecular weight excluding hydrogens is 292 g/mol. The van der Waals surface area contributed by atoms with Crippen LogP contribution in [0.1, 0.15) is 28.9 Å². The third-order valence-corrected chi connectivity index (χ3v) is 3.84. The minimum absolute atomic E-state index is 0.0454. The van der Waals surface area contributed by atoms with E-state index in [1.165, 1.54) is 0 Å². The predicted octanol–water partition coefficient (Wildman–Crippen LogP) is 2.12. The highest BCUT2D eigenvalue weighted by Gasteiger charge is 2.19. The van der Waals surface area contributed by atoms with Gasteiger partial charge in [-0.3, -0.25) is 4.79 Å².